The molecule has 2 aliphatic carbocycles. The average molecular weight is 830 g/mol. The minimum atomic E-state index is 0.0205. The average Bonchev–Trinajstić information content (AvgIpc) is 3.48. The lowest BCUT2D eigenvalue weighted by Gasteiger charge is -2.38. The van der Waals surface area contributed by atoms with Crippen molar-refractivity contribution < 1.29 is 9.59 Å². The maximum atomic E-state index is 12.4. The van der Waals surface area contributed by atoms with Crippen LogP contribution in [0.1, 0.15) is 167 Å². The van der Waals surface area contributed by atoms with Crippen molar-refractivity contribution >= 4 is 11.6 Å². The van der Waals surface area contributed by atoms with E-state index in [0.29, 0.717) is 40.3 Å². The number of piperidine rings is 1. The molecule has 3 unspecified atom stereocenters. The number of hydrogen-bond donors (Lipinski definition) is 2. The molecule has 0 radical (unpaired) electrons. The van der Waals surface area contributed by atoms with Crippen molar-refractivity contribution in [2.75, 3.05) is 13.6 Å². The Kier molecular flexibility index (Phi) is 24.9. The summed E-state index contributed by atoms with van der Waals surface area (Å²) < 4.78 is 0. The molecule has 1 aromatic carbocycles. The maximum Gasteiger partial charge on any atom is 0.152 e. The van der Waals surface area contributed by atoms with E-state index in [1.807, 2.05) is 13.1 Å². The van der Waals surface area contributed by atoms with Crippen molar-refractivity contribution in [1.82, 2.24) is 15.5 Å². The van der Waals surface area contributed by atoms with Crippen molar-refractivity contribution in [2.45, 2.75) is 186 Å². The molecule has 4 rings (SSSR count). The van der Waals surface area contributed by atoms with Crippen LogP contribution in [0.25, 0.3) is 0 Å². The van der Waals surface area contributed by atoms with Crippen molar-refractivity contribution in [3.8, 4) is 0 Å². The minimum Gasteiger partial charge on any atom is -0.384 e. The molecule has 1 aliphatic heterocycles. The second kappa shape index (κ2) is 26.3. The number of rotatable bonds is 16. The van der Waals surface area contributed by atoms with Crippen LogP contribution in [0, 0.1) is 40.4 Å². The Labute approximate surface area is 372 Å². The molecule has 2 fully saturated rings. The summed E-state index contributed by atoms with van der Waals surface area (Å²) in [5, 5.41) is 6.94. The molecule has 342 valence electrons. The van der Waals surface area contributed by atoms with Gasteiger partial charge in [0.15, 0.2) is 5.78 Å². The number of carbonyl (C=O) groups is 2. The standard InChI is InChI=1S/C22H30N2O.C14H29N.C12H22.C4H8.C3H6O/c1-13(24-12-18-19(22(18,3)4)21(24)14(2)25)20(23-5)17-10-15-8-6-7-9-16(15)11-17;1-11(13(3,4)5)9-10-12(2)15-14(6,7)8;1-6-8-12(9-7-2)11(5)10(3)4;1-3-4-2;1-3(2)4/h6-9,17-21,23H,1,10-12H2,2-5H3;11,15H,2,9-10H2,1,3-8H3;12H,3,5-9H2,1-2,4H3;3H,1,4H2,2H3;1-2H3/t18-,19-,20?,21?;;;;/m0..../s1. The summed E-state index contributed by atoms with van der Waals surface area (Å²) >= 11 is 0. The van der Waals surface area contributed by atoms with Gasteiger partial charge in [-0.2, -0.15) is 0 Å². The van der Waals surface area contributed by atoms with Gasteiger partial charge in [0.25, 0.3) is 0 Å². The van der Waals surface area contributed by atoms with E-state index in [1.54, 1.807) is 6.92 Å². The number of carbonyl (C=O) groups excluding carboxylic acids is 2. The van der Waals surface area contributed by atoms with E-state index in [0.717, 1.165) is 49.4 Å². The van der Waals surface area contributed by atoms with Gasteiger partial charge in [0.2, 0.25) is 0 Å². The molecule has 0 spiro atoms. The maximum absolute atomic E-state index is 12.4. The highest BCUT2D eigenvalue weighted by Crippen LogP contribution is 2.65. The Bertz CT molecular complexity index is 1500. The smallest absolute Gasteiger partial charge is 0.152 e. The fourth-order valence-corrected chi connectivity index (χ4v) is 8.69. The van der Waals surface area contributed by atoms with Gasteiger partial charge < -0.3 is 20.3 Å². The summed E-state index contributed by atoms with van der Waals surface area (Å²) in [5.74, 6) is 3.53. The van der Waals surface area contributed by atoms with Gasteiger partial charge in [0.1, 0.15) is 5.78 Å². The monoisotopic (exact) mass is 830 g/mol. The zero-order valence-corrected chi connectivity index (χ0v) is 42.3. The minimum absolute atomic E-state index is 0.0205. The van der Waals surface area contributed by atoms with Gasteiger partial charge in [-0.15, -0.1) is 6.58 Å². The SMILES string of the molecule is C=C(C(NC)C1Cc2ccccc2C1)N1C[C@H]2[C@@H](C1C(C)=O)C2(C)C.C=C(C)C(=C)C(CCC)CCC.C=C(CCC(C)C(C)(C)C)NC(C)(C)C.C=CCC.CC(C)=O. The normalized spacial score (nSPS) is 19.4. The molecule has 1 heterocycles. The molecule has 0 bridgehead atoms. The fraction of sp³-hybridized carbons (Fsp3) is 0.673. The largest absolute Gasteiger partial charge is 0.384 e. The number of allylic oxidation sites excluding steroid dienone is 4. The van der Waals surface area contributed by atoms with Crippen LogP contribution in [0.2, 0.25) is 0 Å². The van der Waals surface area contributed by atoms with E-state index in [2.05, 4.69) is 163 Å². The van der Waals surface area contributed by atoms with E-state index in [4.69, 9.17) is 0 Å². The van der Waals surface area contributed by atoms with Crippen LogP contribution in [0.4, 0.5) is 0 Å². The quantitative estimate of drug-likeness (QED) is 0.128. The number of likely N-dealkylation sites (tertiary alicyclic amines) is 1. The third-order valence-corrected chi connectivity index (χ3v) is 12.7. The van der Waals surface area contributed by atoms with Crippen LogP contribution in [0.15, 0.2) is 85.8 Å². The van der Waals surface area contributed by atoms with Gasteiger partial charge in [0, 0.05) is 29.5 Å². The zero-order valence-electron chi connectivity index (χ0n) is 42.3. The molecule has 5 nitrogen and oxygen atoms in total. The van der Waals surface area contributed by atoms with Crippen molar-refractivity contribution in [1.29, 1.82) is 0 Å². The Hall–Kier alpha value is -3.18. The first-order valence-corrected chi connectivity index (χ1v) is 23.2. The predicted molar refractivity (Wildman–Crippen MR) is 265 cm³/mol. The van der Waals surface area contributed by atoms with Crippen LogP contribution in [-0.2, 0) is 22.4 Å². The van der Waals surface area contributed by atoms with Gasteiger partial charge in [-0.1, -0.05) is 137 Å². The number of fused-ring (bicyclic) bond motifs is 2. The number of hydrogen-bond acceptors (Lipinski definition) is 5. The zero-order chi connectivity index (χ0) is 46.8. The summed E-state index contributed by atoms with van der Waals surface area (Å²) in [5.41, 5.74) is 8.49. The highest BCUT2D eigenvalue weighted by molar-refractivity contribution is 5.83. The summed E-state index contributed by atoms with van der Waals surface area (Å²) in [7, 11) is 2.03. The lowest BCUT2D eigenvalue weighted by Crippen LogP contribution is -2.48. The van der Waals surface area contributed by atoms with Crippen molar-refractivity contribution in [3.05, 3.63) is 96.9 Å². The van der Waals surface area contributed by atoms with Crippen LogP contribution in [0.5, 0.6) is 0 Å². The third kappa shape index (κ3) is 19.3. The van der Waals surface area contributed by atoms with Crippen LogP contribution >= 0.6 is 0 Å². The van der Waals surface area contributed by atoms with E-state index in [9.17, 15) is 9.59 Å². The highest BCUT2D eigenvalue weighted by atomic mass is 16.1. The van der Waals surface area contributed by atoms with Gasteiger partial charge in [-0.05, 0) is 158 Å². The molecule has 1 aromatic rings. The molecule has 0 aromatic heterocycles. The first-order valence-electron chi connectivity index (χ1n) is 23.2. The molecular formula is C55H95N3O2. The second-order valence-corrected chi connectivity index (χ2v) is 20.8. The molecule has 1 saturated heterocycles. The number of Topliss-reactive ketones (excluding diaryl/α,β-unsaturated/α-hetero) is 2. The molecule has 3 aliphatic rings. The van der Waals surface area contributed by atoms with E-state index >= 15 is 0 Å². The summed E-state index contributed by atoms with van der Waals surface area (Å²) in [6.07, 6.45) is 12.5. The third-order valence-electron chi connectivity index (χ3n) is 12.7. The lowest BCUT2D eigenvalue weighted by atomic mass is 9.79. The van der Waals surface area contributed by atoms with Crippen LogP contribution in [-0.4, -0.2) is 47.7 Å². The first-order chi connectivity index (χ1) is 27.7. The second-order valence-electron chi connectivity index (χ2n) is 20.8. The lowest BCUT2D eigenvalue weighted by molar-refractivity contribution is -0.122. The number of ketones is 2. The van der Waals surface area contributed by atoms with Crippen molar-refractivity contribution in [3.63, 3.8) is 0 Å². The Morgan fingerprint density at radius 2 is 1.35 bits per heavy atom. The predicted octanol–water partition coefficient (Wildman–Crippen LogP) is 13.9. The summed E-state index contributed by atoms with van der Waals surface area (Å²) in [6, 6.07) is 9.01. The van der Waals surface area contributed by atoms with Gasteiger partial charge >= 0.3 is 0 Å². The molecule has 1 saturated carbocycles. The first kappa shape index (κ1) is 56.8. The summed E-state index contributed by atoms with van der Waals surface area (Å²) in [4.78, 5) is 24.2. The molecule has 5 atom stereocenters. The van der Waals surface area contributed by atoms with Gasteiger partial charge in [-0.25, -0.2) is 0 Å². The highest BCUT2D eigenvalue weighted by Gasteiger charge is 2.68. The number of benzene rings is 1. The molecule has 0 amide bonds. The van der Waals surface area contributed by atoms with E-state index in [1.165, 1.54) is 68.3 Å². The van der Waals surface area contributed by atoms with Crippen molar-refractivity contribution in [2.24, 2.45) is 40.4 Å². The Morgan fingerprint density at radius 1 is 0.883 bits per heavy atom. The Balaban J connectivity index is 0.000000854. The van der Waals surface area contributed by atoms with E-state index in [-0.39, 0.29) is 23.4 Å². The van der Waals surface area contributed by atoms with E-state index < -0.39 is 0 Å². The number of likely N-dealkylation sites (N-methyl/N-ethyl adjacent to an activating group) is 1. The van der Waals surface area contributed by atoms with Crippen LogP contribution < -0.4 is 10.6 Å². The number of nitrogens with one attached hydrogen (secondary N) is 2. The fourth-order valence-electron chi connectivity index (χ4n) is 8.69. The topological polar surface area (TPSA) is 61.4 Å². The molecular weight excluding hydrogens is 735 g/mol. The molecule has 2 N–H and O–H groups in total. The molecule has 60 heavy (non-hydrogen) atoms. The summed E-state index contributed by atoms with van der Waals surface area (Å²) in [6.45, 7) is 54.8. The molecule has 5 heteroatoms. The Morgan fingerprint density at radius 3 is 1.70 bits per heavy atom. The van der Waals surface area contributed by atoms with Gasteiger partial charge in [-0.3, -0.25) is 4.79 Å². The van der Waals surface area contributed by atoms with Crippen LogP contribution in [0.3, 0.4) is 0 Å². The van der Waals surface area contributed by atoms with Gasteiger partial charge in [0.05, 0.1) is 6.04 Å². The number of nitrogens with zero attached hydrogens (tertiary/aromatic N) is 1.